The van der Waals surface area contributed by atoms with Gasteiger partial charge in [0, 0.05) is 30.3 Å². The lowest BCUT2D eigenvalue weighted by Crippen LogP contribution is -2.32. The molecule has 1 saturated heterocycles. The second-order valence-corrected chi connectivity index (χ2v) is 8.66. The summed E-state index contributed by atoms with van der Waals surface area (Å²) in [6, 6.07) is 15.0. The van der Waals surface area contributed by atoms with Crippen LogP contribution in [0.4, 0.5) is 16.2 Å². The van der Waals surface area contributed by atoms with Crippen molar-refractivity contribution >= 4 is 35.1 Å². The van der Waals surface area contributed by atoms with Gasteiger partial charge in [0.05, 0.1) is 25.4 Å². The number of nitrogens with zero attached hydrogens (tertiary/aromatic N) is 2. The summed E-state index contributed by atoms with van der Waals surface area (Å²) >= 11 is 0. The molecule has 2 heterocycles. The molecule has 3 N–H and O–H groups in total. The molecule has 0 aliphatic carbocycles. The molecule has 1 aromatic heterocycles. The first kappa shape index (κ1) is 24.6. The predicted molar refractivity (Wildman–Crippen MR) is 131 cm³/mol. The third kappa shape index (κ3) is 6.15. The van der Waals surface area contributed by atoms with Crippen LogP contribution in [0.5, 0.6) is 0 Å². The summed E-state index contributed by atoms with van der Waals surface area (Å²) in [5.41, 5.74) is 3.40. The standard InChI is InChI=1S/C26H26N4O6/c1-16-4-2-3-5-21(16)28-26(35)27-18-8-6-17(7-9-18)12-24(32)30-15-19(31)13-23(30)22-14-20(36-29-22)10-11-25(33)34/h2-9,14,23H,10-13,15H2,1H3,(H,33,34)(H2,27,28,35). The van der Waals surface area contributed by atoms with Crippen LogP contribution in [-0.4, -0.2) is 45.4 Å². The number of nitrogens with one attached hydrogen (secondary N) is 2. The average molecular weight is 491 g/mol. The van der Waals surface area contributed by atoms with Crippen molar-refractivity contribution in [3.05, 3.63) is 77.2 Å². The Morgan fingerprint density at radius 1 is 1.11 bits per heavy atom. The van der Waals surface area contributed by atoms with Crippen LogP contribution in [0.2, 0.25) is 0 Å². The highest BCUT2D eigenvalue weighted by Gasteiger charge is 2.36. The fourth-order valence-electron chi connectivity index (χ4n) is 4.03. The molecule has 3 amide bonds. The number of likely N-dealkylation sites (tertiary alicyclic amines) is 1. The van der Waals surface area contributed by atoms with Crippen LogP contribution in [0.1, 0.15) is 41.5 Å². The van der Waals surface area contributed by atoms with Gasteiger partial charge in [-0.1, -0.05) is 35.5 Å². The highest BCUT2D eigenvalue weighted by atomic mass is 16.5. The molecule has 1 unspecified atom stereocenters. The van der Waals surface area contributed by atoms with Crippen LogP contribution in [0.15, 0.2) is 59.1 Å². The van der Waals surface area contributed by atoms with Crippen LogP contribution in [0.25, 0.3) is 0 Å². The lowest BCUT2D eigenvalue weighted by Gasteiger charge is -2.22. The zero-order valence-electron chi connectivity index (χ0n) is 19.7. The van der Waals surface area contributed by atoms with Crippen LogP contribution in [0, 0.1) is 6.92 Å². The van der Waals surface area contributed by atoms with Gasteiger partial charge in [-0.15, -0.1) is 0 Å². The molecular weight excluding hydrogens is 464 g/mol. The summed E-state index contributed by atoms with van der Waals surface area (Å²) in [6.07, 6.45) is 0.290. The van der Waals surface area contributed by atoms with Gasteiger partial charge in [-0.25, -0.2) is 4.79 Å². The topological polar surface area (TPSA) is 142 Å². The van der Waals surface area contributed by atoms with Gasteiger partial charge in [-0.05, 0) is 36.2 Å². The van der Waals surface area contributed by atoms with E-state index in [0.29, 0.717) is 22.8 Å². The van der Waals surface area contributed by atoms with E-state index in [4.69, 9.17) is 9.63 Å². The van der Waals surface area contributed by atoms with Gasteiger partial charge in [0.2, 0.25) is 5.91 Å². The molecule has 2 aromatic carbocycles. The zero-order valence-corrected chi connectivity index (χ0v) is 19.7. The number of hydrogen-bond donors (Lipinski definition) is 3. The summed E-state index contributed by atoms with van der Waals surface area (Å²) in [4.78, 5) is 49.7. The number of Topliss-reactive ketones (excluding diaryl/α,β-unsaturated/α-hetero) is 1. The summed E-state index contributed by atoms with van der Waals surface area (Å²) < 4.78 is 5.20. The van der Waals surface area contributed by atoms with Gasteiger partial charge in [0.25, 0.3) is 0 Å². The van der Waals surface area contributed by atoms with E-state index in [1.165, 1.54) is 4.90 Å². The minimum absolute atomic E-state index is 0.0144. The van der Waals surface area contributed by atoms with Crippen molar-refractivity contribution in [2.24, 2.45) is 0 Å². The third-order valence-electron chi connectivity index (χ3n) is 5.93. The molecule has 0 bridgehead atoms. The number of amides is 3. The Morgan fingerprint density at radius 3 is 2.58 bits per heavy atom. The first-order valence-corrected chi connectivity index (χ1v) is 11.5. The molecule has 36 heavy (non-hydrogen) atoms. The second kappa shape index (κ2) is 10.9. The van der Waals surface area contributed by atoms with E-state index in [1.54, 1.807) is 30.3 Å². The number of benzene rings is 2. The van der Waals surface area contributed by atoms with Gasteiger partial charge >= 0.3 is 12.0 Å². The quantitative estimate of drug-likeness (QED) is 0.437. The number of ketones is 1. The van der Waals surface area contributed by atoms with Crippen LogP contribution >= 0.6 is 0 Å². The fraction of sp³-hybridized carbons (Fsp3) is 0.269. The smallest absolute Gasteiger partial charge is 0.323 e. The molecule has 10 heteroatoms. The van der Waals surface area contributed by atoms with Crippen molar-refractivity contribution in [2.45, 2.75) is 38.6 Å². The molecule has 1 fully saturated rings. The third-order valence-corrected chi connectivity index (χ3v) is 5.93. The van der Waals surface area contributed by atoms with Gasteiger partial charge in [-0.3, -0.25) is 14.4 Å². The van der Waals surface area contributed by atoms with E-state index < -0.39 is 12.0 Å². The second-order valence-electron chi connectivity index (χ2n) is 8.66. The Labute approximate surface area is 207 Å². The fourth-order valence-corrected chi connectivity index (χ4v) is 4.03. The van der Waals surface area contributed by atoms with E-state index in [2.05, 4.69) is 15.8 Å². The predicted octanol–water partition coefficient (Wildman–Crippen LogP) is 3.73. The Morgan fingerprint density at radius 2 is 1.86 bits per heavy atom. The molecule has 0 spiro atoms. The average Bonchev–Trinajstić information content (AvgIpc) is 3.47. The number of hydrogen-bond acceptors (Lipinski definition) is 6. The van der Waals surface area contributed by atoms with Crippen LogP contribution < -0.4 is 10.6 Å². The SMILES string of the molecule is Cc1ccccc1NC(=O)Nc1ccc(CC(=O)N2CC(=O)CC2c2cc(CCC(=O)O)on2)cc1. The highest BCUT2D eigenvalue weighted by molar-refractivity contribution is 6.00. The first-order chi connectivity index (χ1) is 17.3. The summed E-state index contributed by atoms with van der Waals surface area (Å²) in [7, 11) is 0. The Kier molecular flexibility index (Phi) is 7.43. The molecular formula is C26H26N4O6. The Hall–Kier alpha value is -4.47. The largest absolute Gasteiger partial charge is 0.481 e. The van der Waals surface area contributed by atoms with Gasteiger partial charge < -0.3 is 25.2 Å². The number of carbonyl (C=O) groups is 4. The minimum Gasteiger partial charge on any atom is -0.481 e. The number of rotatable bonds is 8. The maximum atomic E-state index is 13.0. The number of carbonyl (C=O) groups excluding carboxylic acids is 3. The monoisotopic (exact) mass is 490 g/mol. The van der Waals surface area contributed by atoms with Crippen molar-refractivity contribution in [1.82, 2.24) is 10.1 Å². The minimum atomic E-state index is -0.950. The van der Waals surface area contributed by atoms with Crippen LogP contribution in [0.3, 0.4) is 0 Å². The van der Waals surface area contributed by atoms with Gasteiger partial charge in [-0.2, -0.15) is 0 Å². The summed E-state index contributed by atoms with van der Waals surface area (Å²) in [5.74, 6) is -0.871. The first-order valence-electron chi connectivity index (χ1n) is 11.5. The molecule has 0 radical (unpaired) electrons. The van der Waals surface area contributed by atoms with Gasteiger partial charge in [0.1, 0.15) is 11.5 Å². The number of aliphatic carboxylic acids is 1. The Bertz CT molecular complexity index is 1280. The number of carboxylic acid groups (broad SMARTS) is 1. The van der Waals surface area contributed by atoms with Crippen LogP contribution in [-0.2, 0) is 27.2 Å². The maximum absolute atomic E-state index is 13.0. The number of aromatic nitrogens is 1. The van der Waals surface area contributed by atoms with Crippen molar-refractivity contribution in [3.8, 4) is 0 Å². The number of aryl methyl sites for hydroxylation is 2. The molecule has 1 atom stereocenters. The van der Waals surface area contributed by atoms with Crippen molar-refractivity contribution < 1.29 is 28.8 Å². The van der Waals surface area contributed by atoms with E-state index >= 15 is 0 Å². The normalized spacial score (nSPS) is 15.1. The number of anilines is 2. The molecule has 10 nitrogen and oxygen atoms in total. The summed E-state index contributed by atoms with van der Waals surface area (Å²) in [6.45, 7) is 1.89. The van der Waals surface area contributed by atoms with E-state index in [9.17, 15) is 19.2 Å². The zero-order chi connectivity index (χ0) is 25.7. The van der Waals surface area contributed by atoms with E-state index in [0.717, 1.165) is 11.1 Å². The lowest BCUT2D eigenvalue weighted by atomic mass is 10.1. The maximum Gasteiger partial charge on any atom is 0.323 e. The summed E-state index contributed by atoms with van der Waals surface area (Å²) in [5, 5.41) is 18.4. The molecule has 1 aliphatic heterocycles. The van der Waals surface area contributed by atoms with Crippen molar-refractivity contribution in [1.29, 1.82) is 0 Å². The Balaban J connectivity index is 1.35. The number of urea groups is 1. The lowest BCUT2D eigenvalue weighted by molar-refractivity contribution is -0.137. The molecule has 1 aliphatic rings. The number of para-hydroxylation sites is 1. The van der Waals surface area contributed by atoms with E-state index in [1.807, 2.05) is 31.2 Å². The van der Waals surface area contributed by atoms with Crippen molar-refractivity contribution in [2.75, 3.05) is 17.2 Å². The molecule has 186 valence electrons. The molecule has 4 rings (SSSR count). The highest BCUT2D eigenvalue weighted by Crippen LogP contribution is 2.31. The number of carboxylic acids is 1. The molecule has 3 aromatic rings. The van der Waals surface area contributed by atoms with Crippen molar-refractivity contribution in [3.63, 3.8) is 0 Å². The molecule has 0 saturated carbocycles. The van der Waals surface area contributed by atoms with Gasteiger partial charge in [0.15, 0.2) is 5.78 Å². The van der Waals surface area contributed by atoms with E-state index in [-0.39, 0.29) is 49.9 Å².